The Morgan fingerprint density at radius 3 is 2.18 bits per heavy atom. The largest absolute Gasteiger partial charge is 0.480 e. The minimum Gasteiger partial charge on any atom is -0.480 e. The molecular weight excluding hydrogens is 428 g/mol. The molecule has 178 valence electrons. The summed E-state index contributed by atoms with van der Waals surface area (Å²) >= 11 is 0. The molecule has 0 saturated heterocycles. The molecule has 0 aromatic heterocycles. The van der Waals surface area contributed by atoms with Crippen molar-refractivity contribution in [3.63, 3.8) is 0 Å². The van der Waals surface area contributed by atoms with Crippen molar-refractivity contribution in [2.45, 2.75) is 38.8 Å². The molecule has 0 spiro atoms. The first-order valence-corrected chi connectivity index (χ1v) is 11.4. The number of carbonyl (C=O) groups is 2. The summed E-state index contributed by atoms with van der Waals surface area (Å²) in [7, 11) is 0. The fourth-order valence-corrected chi connectivity index (χ4v) is 3.95. The smallest absolute Gasteiger partial charge is 0.320 e. The fraction of sp³-hybridized carbons (Fsp3) is 0.286. The number of hydrogen-bond donors (Lipinski definition) is 4. The highest BCUT2D eigenvalue weighted by atomic mass is 16.4. The van der Waals surface area contributed by atoms with Gasteiger partial charge < -0.3 is 21.3 Å². The van der Waals surface area contributed by atoms with Crippen LogP contribution in [0.2, 0.25) is 0 Å². The van der Waals surface area contributed by atoms with Crippen molar-refractivity contribution >= 4 is 11.9 Å². The predicted molar refractivity (Wildman–Crippen MR) is 133 cm³/mol. The van der Waals surface area contributed by atoms with Crippen molar-refractivity contribution in [2.75, 3.05) is 6.54 Å². The van der Waals surface area contributed by atoms with Gasteiger partial charge in [-0.2, -0.15) is 0 Å². The molecule has 0 aliphatic carbocycles. The summed E-state index contributed by atoms with van der Waals surface area (Å²) in [5, 5.41) is 21.4. The maximum atomic E-state index is 12.7. The van der Waals surface area contributed by atoms with Gasteiger partial charge in [0.1, 0.15) is 6.04 Å². The molecule has 2 unspecified atom stereocenters. The monoisotopic (exact) mass is 460 g/mol. The van der Waals surface area contributed by atoms with Gasteiger partial charge in [0.2, 0.25) is 0 Å². The van der Waals surface area contributed by atoms with Gasteiger partial charge in [0, 0.05) is 18.0 Å². The molecule has 0 fully saturated rings. The van der Waals surface area contributed by atoms with E-state index in [1.807, 2.05) is 24.3 Å². The molecule has 3 aromatic carbocycles. The number of nitrogens with one attached hydrogen (secondary N) is 1. The third kappa shape index (κ3) is 6.53. The van der Waals surface area contributed by atoms with Crippen molar-refractivity contribution in [3.05, 3.63) is 95.1 Å². The van der Waals surface area contributed by atoms with E-state index >= 15 is 0 Å². The normalized spacial score (nSPS) is 12.9. The van der Waals surface area contributed by atoms with Gasteiger partial charge >= 0.3 is 5.97 Å². The van der Waals surface area contributed by atoms with Crippen molar-refractivity contribution in [3.8, 4) is 11.1 Å². The third-order valence-corrected chi connectivity index (χ3v) is 6.06. The zero-order chi connectivity index (χ0) is 24.7. The lowest BCUT2D eigenvalue weighted by atomic mass is 9.87. The summed E-state index contributed by atoms with van der Waals surface area (Å²) in [4.78, 5) is 23.6. The van der Waals surface area contributed by atoms with Gasteiger partial charge in [-0.3, -0.25) is 9.59 Å². The van der Waals surface area contributed by atoms with Crippen molar-refractivity contribution in [2.24, 2.45) is 11.7 Å². The number of carboxylic acids is 1. The molecule has 3 rings (SSSR count). The van der Waals surface area contributed by atoms with Gasteiger partial charge in [0.05, 0.1) is 6.61 Å². The van der Waals surface area contributed by atoms with E-state index in [1.165, 1.54) is 0 Å². The molecule has 2 atom stereocenters. The number of hydrogen-bond acceptors (Lipinski definition) is 4. The van der Waals surface area contributed by atoms with Crippen molar-refractivity contribution in [1.29, 1.82) is 0 Å². The number of aliphatic hydroxyl groups is 1. The topological polar surface area (TPSA) is 113 Å². The molecule has 0 radical (unpaired) electrons. The highest BCUT2D eigenvalue weighted by Gasteiger charge is 2.18. The Balaban J connectivity index is 1.65. The molecule has 34 heavy (non-hydrogen) atoms. The maximum absolute atomic E-state index is 12.7. The molecule has 0 bridgehead atoms. The number of aliphatic hydroxyl groups excluding tert-OH is 1. The Morgan fingerprint density at radius 1 is 0.912 bits per heavy atom. The van der Waals surface area contributed by atoms with E-state index < -0.39 is 12.0 Å². The van der Waals surface area contributed by atoms with Gasteiger partial charge in [0.15, 0.2) is 0 Å². The van der Waals surface area contributed by atoms with Crippen LogP contribution >= 0.6 is 0 Å². The first-order valence-electron chi connectivity index (χ1n) is 11.4. The summed E-state index contributed by atoms with van der Waals surface area (Å²) in [6.07, 6.45) is 0.215. The SMILES string of the molecule is CC(C)C(CNC(=O)c1ccc(CC(N)C(=O)O)cc1)c1ccc(-c2cccc(CO)c2)cc1. The molecule has 0 heterocycles. The number of carboxylic acid groups (broad SMARTS) is 1. The van der Waals surface area contributed by atoms with E-state index in [2.05, 4.69) is 43.4 Å². The van der Waals surface area contributed by atoms with E-state index in [-0.39, 0.29) is 24.9 Å². The molecule has 0 aliphatic heterocycles. The molecule has 0 saturated carbocycles. The van der Waals surface area contributed by atoms with Crippen LogP contribution in [0, 0.1) is 5.92 Å². The average molecular weight is 461 g/mol. The quantitative estimate of drug-likeness (QED) is 0.366. The van der Waals surface area contributed by atoms with E-state index in [4.69, 9.17) is 10.8 Å². The fourth-order valence-electron chi connectivity index (χ4n) is 3.95. The van der Waals surface area contributed by atoms with E-state index in [1.54, 1.807) is 24.3 Å². The Labute approximate surface area is 200 Å². The van der Waals surface area contributed by atoms with Crippen LogP contribution in [0.25, 0.3) is 11.1 Å². The lowest BCUT2D eigenvalue weighted by Crippen LogP contribution is -2.32. The number of benzene rings is 3. The number of rotatable bonds is 10. The summed E-state index contributed by atoms with van der Waals surface area (Å²) < 4.78 is 0. The van der Waals surface area contributed by atoms with Crippen molar-refractivity contribution in [1.82, 2.24) is 5.32 Å². The lowest BCUT2D eigenvalue weighted by Gasteiger charge is -2.22. The second-order valence-electron chi connectivity index (χ2n) is 8.89. The van der Waals surface area contributed by atoms with Crippen LogP contribution in [0.5, 0.6) is 0 Å². The van der Waals surface area contributed by atoms with Crippen LogP contribution in [0.1, 0.15) is 46.8 Å². The average Bonchev–Trinajstić information content (AvgIpc) is 2.84. The van der Waals surface area contributed by atoms with E-state index in [0.29, 0.717) is 18.0 Å². The van der Waals surface area contributed by atoms with Crippen LogP contribution < -0.4 is 11.1 Å². The van der Waals surface area contributed by atoms with Crippen LogP contribution in [-0.4, -0.2) is 34.7 Å². The number of aliphatic carboxylic acids is 1. The van der Waals surface area contributed by atoms with Gasteiger partial charge in [0.25, 0.3) is 5.91 Å². The van der Waals surface area contributed by atoms with Gasteiger partial charge in [-0.1, -0.05) is 68.4 Å². The Bertz CT molecular complexity index is 1110. The number of amides is 1. The minimum atomic E-state index is -1.05. The zero-order valence-corrected chi connectivity index (χ0v) is 19.6. The van der Waals surface area contributed by atoms with Crippen molar-refractivity contribution < 1.29 is 19.8 Å². The maximum Gasteiger partial charge on any atom is 0.320 e. The van der Waals surface area contributed by atoms with Crippen LogP contribution in [0.4, 0.5) is 0 Å². The van der Waals surface area contributed by atoms with Gasteiger partial charge in [-0.15, -0.1) is 0 Å². The number of nitrogens with two attached hydrogens (primary N) is 1. The highest BCUT2D eigenvalue weighted by Crippen LogP contribution is 2.27. The first-order chi connectivity index (χ1) is 16.3. The van der Waals surface area contributed by atoms with Gasteiger partial charge in [-0.05, 0) is 58.4 Å². The highest BCUT2D eigenvalue weighted by molar-refractivity contribution is 5.94. The minimum absolute atomic E-state index is 0.0135. The molecule has 6 nitrogen and oxygen atoms in total. The summed E-state index contributed by atoms with van der Waals surface area (Å²) in [5.74, 6) is -0.746. The second kappa shape index (κ2) is 11.6. The van der Waals surface area contributed by atoms with E-state index in [9.17, 15) is 14.7 Å². The second-order valence-corrected chi connectivity index (χ2v) is 8.89. The first kappa shape index (κ1) is 25.1. The summed E-state index contributed by atoms with van der Waals surface area (Å²) in [6, 6.07) is 22.1. The van der Waals surface area contributed by atoms with Crippen LogP contribution in [-0.2, 0) is 17.8 Å². The zero-order valence-electron chi connectivity index (χ0n) is 19.6. The molecule has 0 aliphatic rings. The third-order valence-electron chi connectivity index (χ3n) is 6.06. The molecule has 1 amide bonds. The van der Waals surface area contributed by atoms with E-state index in [0.717, 1.165) is 27.8 Å². The summed E-state index contributed by atoms with van der Waals surface area (Å²) in [6.45, 7) is 4.78. The molecule has 3 aromatic rings. The van der Waals surface area contributed by atoms with Crippen LogP contribution in [0.15, 0.2) is 72.8 Å². The van der Waals surface area contributed by atoms with Gasteiger partial charge in [-0.25, -0.2) is 0 Å². The molecule has 5 N–H and O–H groups in total. The molecular formula is C28H32N2O4. The Hall–Kier alpha value is -3.48. The summed E-state index contributed by atoms with van der Waals surface area (Å²) in [5.41, 5.74) is 11.0. The Morgan fingerprint density at radius 2 is 1.59 bits per heavy atom. The molecule has 6 heteroatoms. The Kier molecular flexibility index (Phi) is 8.57. The lowest BCUT2D eigenvalue weighted by molar-refractivity contribution is -0.138. The standard InChI is InChI=1S/C28H32N2O4/c1-18(2)25(22-12-10-21(11-13-22)24-5-3-4-20(14-24)17-31)16-30-27(32)23-8-6-19(7-9-23)15-26(29)28(33)34/h3-14,18,25-26,31H,15-17,29H2,1-2H3,(H,30,32)(H,33,34). The van der Waals surface area contributed by atoms with Crippen LogP contribution in [0.3, 0.4) is 0 Å². The predicted octanol–water partition coefficient (Wildman–Crippen LogP) is 3.97. The number of carbonyl (C=O) groups excluding carboxylic acids is 1.